The lowest BCUT2D eigenvalue weighted by molar-refractivity contribution is 0.0498. The number of rotatable bonds is 4. The van der Waals surface area contributed by atoms with Gasteiger partial charge in [0.1, 0.15) is 6.73 Å². The molecule has 0 aliphatic heterocycles. The van der Waals surface area contributed by atoms with Gasteiger partial charge >= 0.3 is 0 Å². The van der Waals surface area contributed by atoms with Crippen LogP contribution in [0.25, 0.3) is 11.2 Å². The van der Waals surface area contributed by atoms with Crippen molar-refractivity contribution in [3.05, 3.63) is 16.7 Å². The number of H-pyrrole nitrogens is 1. The predicted octanol–water partition coefficient (Wildman–Crippen LogP) is -1.52. The normalized spacial score (nSPS) is 11.0. The van der Waals surface area contributed by atoms with Gasteiger partial charge in [0.05, 0.1) is 19.5 Å². The van der Waals surface area contributed by atoms with Crippen LogP contribution in [0.15, 0.2) is 11.1 Å². The second kappa shape index (κ2) is 4.15. The van der Waals surface area contributed by atoms with Crippen molar-refractivity contribution in [2.75, 3.05) is 13.2 Å². The largest absolute Gasteiger partial charge is 0.394 e. The summed E-state index contributed by atoms with van der Waals surface area (Å²) in [6.45, 7) is 0.338. The van der Waals surface area contributed by atoms with Crippen molar-refractivity contribution < 1.29 is 9.84 Å². The molecule has 0 spiro atoms. The zero-order valence-corrected chi connectivity index (χ0v) is 7.75. The fourth-order valence-corrected chi connectivity index (χ4v) is 1.13. The molecule has 0 aliphatic rings. The van der Waals surface area contributed by atoms with Crippen molar-refractivity contribution in [3.8, 4) is 0 Å². The van der Waals surface area contributed by atoms with Crippen molar-refractivity contribution in [3.63, 3.8) is 0 Å². The van der Waals surface area contributed by atoms with E-state index >= 15 is 0 Å². The van der Waals surface area contributed by atoms with Crippen molar-refractivity contribution in [1.82, 2.24) is 25.0 Å². The summed E-state index contributed by atoms with van der Waals surface area (Å²) in [6, 6.07) is 0. The van der Waals surface area contributed by atoms with Crippen LogP contribution < -0.4 is 5.56 Å². The fourth-order valence-electron chi connectivity index (χ4n) is 1.13. The summed E-state index contributed by atoms with van der Waals surface area (Å²) in [7, 11) is 0. The minimum Gasteiger partial charge on any atom is -0.394 e. The second-order valence-electron chi connectivity index (χ2n) is 2.79. The molecular formula is C7H9N5O3. The summed E-state index contributed by atoms with van der Waals surface area (Å²) in [5.41, 5.74) is 0.190. The van der Waals surface area contributed by atoms with Crippen molar-refractivity contribution in [2.45, 2.75) is 6.73 Å². The van der Waals surface area contributed by atoms with E-state index in [0.717, 1.165) is 0 Å². The van der Waals surface area contributed by atoms with Crippen LogP contribution in [-0.4, -0.2) is 43.3 Å². The predicted molar refractivity (Wildman–Crippen MR) is 49.0 cm³/mol. The molecule has 0 saturated heterocycles. The highest BCUT2D eigenvalue weighted by Crippen LogP contribution is 2.02. The molecule has 8 nitrogen and oxygen atoms in total. The van der Waals surface area contributed by atoms with Gasteiger partial charge in [-0.3, -0.25) is 9.36 Å². The Morgan fingerprint density at radius 2 is 2.47 bits per heavy atom. The number of aliphatic hydroxyl groups is 1. The average molecular weight is 211 g/mol. The molecule has 80 valence electrons. The van der Waals surface area contributed by atoms with E-state index in [9.17, 15) is 4.79 Å². The summed E-state index contributed by atoms with van der Waals surface area (Å²) in [5, 5.41) is 17.9. The van der Waals surface area contributed by atoms with Crippen LogP contribution in [0.4, 0.5) is 0 Å². The number of ether oxygens (including phenoxy) is 1. The van der Waals surface area contributed by atoms with E-state index in [4.69, 9.17) is 9.84 Å². The number of hydrogen-bond acceptors (Lipinski definition) is 6. The molecule has 2 aromatic rings. The number of fused-ring (bicyclic) bond motifs is 1. The van der Waals surface area contributed by atoms with Crippen LogP contribution in [0.3, 0.4) is 0 Å². The first-order valence-electron chi connectivity index (χ1n) is 4.27. The van der Waals surface area contributed by atoms with E-state index in [1.807, 2.05) is 0 Å². The molecule has 0 atom stereocenters. The Labute approximate surface area is 83.5 Å². The minimum absolute atomic E-state index is 0.0567. The maximum Gasteiger partial charge on any atom is 0.295 e. The maximum atomic E-state index is 11.2. The zero-order valence-electron chi connectivity index (χ0n) is 7.75. The van der Waals surface area contributed by atoms with E-state index in [1.54, 1.807) is 0 Å². The first-order valence-corrected chi connectivity index (χ1v) is 4.27. The van der Waals surface area contributed by atoms with Crippen LogP contribution in [0, 0.1) is 0 Å². The zero-order chi connectivity index (χ0) is 10.7. The molecule has 0 aliphatic carbocycles. The van der Waals surface area contributed by atoms with Gasteiger partial charge in [0, 0.05) is 0 Å². The Kier molecular flexibility index (Phi) is 2.70. The summed E-state index contributed by atoms with van der Waals surface area (Å²) < 4.78 is 6.60. The van der Waals surface area contributed by atoms with E-state index in [0.29, 0.717) is 5.65 Å². The highest BCUT2D eigenvalue weighted by Gasteiger charge is 2.07. The molecule has 0 saturated carbocycles. The third-order valence-electron chi connectivity index (χ3n) is 1.79. The van der Waals surface area contributed by atoms with E-state index in [-0.39, 0.29) is 31.0 Å². The molecule has 0 radical (unpaired) electrons. The van der Waals surface area contributed by atoms with E-state index < -0.39 is 0 Å². The Bertz CT molecular complexity index is 505. The number of hydrogen-bond donors (Lipinski definition) is 2. The Hall–Kier alpha value is -1.80. The first-order chi connectivity index (χ1) is 7.33. The minimum atomic E-state index is -0.388. The van der Waals surface area contributed by atoms with Crippen molar-refractivity contribution in [2.24, 2.45) is 0 Å². The molecule has 0 unspecified atom stereocenters. The van der Waals surface area contributed by atoms with Crippen LogP contribution >= 0.6 is 0 Å². The molecular weight excluding hydrogens is 202 g/mol. The number of aromatic amines is 1. The fraction of sp³-hybridized carbons (Fsp3) is 0.429. The highest BCUT2D eigenvalue weighted by atomic mass is 16.5. The van der Waals surface area contributed by atoms with Crippen LogP contribution in [0.5, 0.6) is 0 Å². The summed E-state index contributed by atoms with van der Waals surface area (Å²) in [4.78, 5) is 15.1. The van der Waals surface area contributed by atoms with Crippen LogP contribution in [0.2, 0.25) is 0 Å². The van der Waals surface area contributed by atoms with Crippen molar-refractivity contribution >= 4 is 11.2 Å². The van der Waals surface area contributed by atoms with Gasteiger partial charge in [-0.1, -0.05) is 5.21 Å². The highest BCUT2D eigenvalue weighted by molar-refractivity contribution is 5.67. The van der Waals surface area contributed by atoms with Crippen LogP contribution in [-0.2, 0) is 11.5 Å². The Morgan fingerprint density at radius 3 is 3.27 bits per heavy atom. The molecule has 0 aromatic carbocycles. The van der Waals surface area contributed by atoms with Gasteiger partial charge in [-0.15, -0.1) is 5.10 Å². The summed E-state index contributed by atoms with van der Waals surface area (Å²) >= 11 is 0. The van der Waals surface area contributed by atoms with Crippen LogP contribution in [0.1, 0.15) is 0 Å². The first kappa shape index (κ1) is 9.74. The lowest BCUT2D eigenvalue weighted by Gasteiger charge is -2.02. The Morgan fingerprint density at radius 1 is 1.60 bits per heavy atom. The SMILES string of the molecule is O=c1[nH]nnc2c1ncn2COCCO. The lowest BCUT2D eigenvalue weighted by atomic mass is 10.6. The number of imidazole rings is 1. The monoisotopic (exact) mass is 211 g/mol. The van der Waals surface area contributed by atoms with E-state index in [2.05, 4.69) is 20.4 Å². The summed E-state index contributed by atoms with van der Waals surface area (Å²) in [6.07, 6.45) is 1.44. The summed E-state index contributed by atoms with van der Waals surface area (Å²) in [5.74, 6) is 0. The molecule has 2 N–H and O–H groups in total. The molecule has 2 rings (SSSR count). The maximum absolute atomic E-state index is 11.2. The van der Waals surface area contributed by atoms with Gasteiger partial charge in [-0.05, 0) is 0 Å². The molecule has 0 bridgehead atoms. The van der Waals surface area contributed by atoms with Gasteiger partial charge in [0.25, 0.3) is 5.56 Å². The molecule has 2 aromatic heterocycles. The molecule has 15 heavy (non-hydrogen) atoms. The third kappa shape index (κ3) is 1.85. The number of nitrogens with one attached hydrogen (secondary N) is 1. The van der Waals surface area contributed by atoms with Gasteiger partial charge in [-0.2, -0.15) is 0 Å². The third-order valence-corrected chi connectivity index (χ3v) is 1.79. The second-order valence-corrected chi connectivity index (χ2v) is 2.79. The standard InChI is InChI=1S/C7H9N5O3/c13-1-2-15-4-12-3-8-5-6(12)9-11-10-7(5)14/h3,13H,1-2,4H2,(H,9,10,14). The molecule has 2 heterocycles. The Balaban J connectivity index is 2.29. The van der Waals surface area contributed by atoms with Gasteiger partial charge in [0.2, 0.25) is 0 Å². The van der Waals surface area contributed by atoms with Gasteiger partial charge in [0.15, 0.2) is 11.2 Å². The smallest absolute Gasteiger partial charge is 0.295 e. The number of nitrogens with zero attached hydrogens (tertiary/aromatic N) is 4. The molecule has 0 amide bonds. The topological polar surface area (TPSA) is 106 Å². The average Bonchev–Trinajstić information content (AvgIpc) is 2.64. The molecule has 8 heteroatoms. The lowest BCUT2D eigenvalue weighted by Crippen LogP contribution is -2.12. The van der Waals surface area contributed by atoms with E-state index in [1.165, 1.54) is 10.9 Å². The quantitative estimate of drug-likeness (QED) is 0.595. The van der Waals surface area contributed by atoms with Gasteiger partial charge < -0.3 is 9.84 Å². The number of aliphatic hydroxyl groups excluding tert-OH is 1. The molecule has 0 fully saturated rings. The number of aromatic nitrogens is 5. The van der Waals surface area contributed by atoms with Gasteiger partial charge in [-0.25, -0.2) is 10.1 Å². The van der Waals surface area contributed by atoms with Crippen molar-refractivity contribution in [1.29, 1.82) is 0 Å².